The second-order valence-corrected chi connectivity index (χ2v) is 15.5. The Hall–Kier alpha value is -1.34. The molecule has 0 radical (unpaired) electrons. The van der Waals surface area contributed by atoms with Crippen LogP contribution < -0.4 is 11.1 Å². The van der Waals surface area contributed by atoms with Crippen LogP contribution in [0, 0.1) is 41.4 Å². The van der Waals surface area contributed by atoms with Crippen molar-refractivity contribution in [2.24, 2.45) is 47.2 Å². The Morgan fingerprint density at radius 3 is 2.29 bits per heavy atom. The van der Waals surface area contributed by atoms with Crippen molar-refractivity contribution in [1.82, 2.24) is 5.32 Å². The van der Waals surface area contributed by atoms with E-state index in [0.29, 0.717) is 56.5 Å². The van der Waals surface area contributed by atoms with E-state index in [0.717, 1.165) is 57.9 Å². The second kappa shape index (κ2) is 21.1. The minimum atomic E-state index is -0.612. The molecule has 3 fully saturated rings. The fourth-order valence-corrected chi connectivity index (χ4v) is 9.16. The number of piperidine rings is 1. The van der Waals surface area contributed by atoms with Gasteiger partial charge in [0.25, 0.3) is 0 Å². The highest BCUT2D eigenvalue weighted by Gasteiger charge is 2.42. The van der Waals surface area contributed by atoms with Gasteiger partial charge in [0.05, 0.1) is 37.7 Å². The molecule has 1 heterocycles. The van der Waals surface area contributed by atoms with Gasteiger partial charge in [0.1, 0.15) is 12.2 Å². The van der Waals surface area contributed by atoms with Crippen LogP contribution in [0.25, 0.3) is 0 Å². The number of esters is 2. The number of aliphatic hydroxyl groups excluding tert-OH is 3. The van der Waals surface area contributed by atoms with E-state index in [9.17, 15) is 24.9 Å². The Bertz CT molecular complexity index is 939. The summed E-state index contributed by atoms with van der Waals surface area (Å²) in [4.78, 5) is 25.0. The second-order valence-electron chi connectivity index (χ2n) is 15.5. The molecule has 2 aliphatic carbocycles. The molecule has 0 aromatic rings. The van der Waals surface area contributed by atoms with E-state index < -0.39 is 24.4 Å². The van der Waals surface area contributed by atoms with Gasteiger partial charge < -0.3 is 45.3 Å². The molecule has 0 bridgehead atoms. The molecule has 0 amide bonds. The van der Waals surface area contributed by atoms with Crippen molar-refractivity contribution < 1.29 is 43.9 Å². The van der Waals surface area contributed by atoms with Gasteiger partial charge in [0.2, 0.25) is 0 Å². The van der Waals surface area contributed by atoms with Gasteiger partial charge in [-0.25, -0.2) is 0 Å². The molecule has 280 valence electrons. The van der Waals surface area contributed by atoms with Crippen LogP contribution >= 0.6 is 0 Å². The summed E-state index contributed by atoms with van der Waals surface area (Å²) >= 11 is 0. The number of carbonyl (C=O) groups excluding carboxylic acids is 2. The van der Waals surface area contributed by atoms with Gasteiger partial charge in [-0.15, -0.1) is 0 Å². The number of aliphatic hydroxyl groups is 3. The Morgan fingerprint density at radius 1 is 0.896 bits per heavy atom. The maximum atomic E-state index is 12.5. The molecule has 12 atom stereocenters. The average molecular weight is 685 g/mol. The first-order chi connectivity index (χ1) is 22.9. The van der Waals surface area contributed by atoms with Crippen molar-refractivity contribution >= 4 is 11.9 Å². The lowest BCUT2D eigenvalue weighted by molar-refractivity contribution is -0.158. The molecule has 48 heavy (non-hydrogen) atoms. The molecular weight excluding hydrogens is 616 g/mol. The number of nitrogens with one attached hydrogen (secondary N) is 1. The van der Waals surface area contributed by atoms with E-state index >= 15 is 0 Å². The Balaban J connectivity index is 1.82. The van der Waals surface area contributed by atoms with Gasteiger partial charge in [0.15, 0.2) is 0 Å². The topological polar surface area (TPSA) is 170 Å². The molecule has 6 N–H and O–H groups in total. The molecule has 0 aromatic heterocycles. The number of carbonyl (C=O) groups is 2. The summed E-state index contributed by atoms with van der Waals surface area (Å²) in [7, 11) is 1.69. The van der Waals surface area contributed by atoms with Crippen molar-refractivity contribution in [2.45, 2.75) is 148 Å². The maximum Gasteiger partial charge on any atom is 0.302 e. The van der Waals surface area contributed by atoms with Gasteiger partial charge in [-0.05, 0) is 119 Å². The molecule has 11 heteroatoms. The zero-order valence-electron chi connectivity index (χ0n) is 30.4. The minimum absolute atomic E-state index is 0.0684. The monoisotopic (exact) mass is 684 g/mol. The van der Waals surface area contributed by atoms with Crippen molar-refractivity contribution in [3.63, 3.8) is 0 Å². The van der Waals surface area contributed by atoms with E-state index in [4.69, 9.17) is 24.7 Å². The maximum absolute atomic E-state index is 12.5. The fourth-order valence-electron chi connectivity index (χ4n) is 9.16. The lowest BCUT2D eigenvalue weighted by Gasteiger charge is -2.45. The molecule has 3 rings (SSSR count). The van der Waals surface area contributed by atoms with E-state index in [1.54, 1.807) is 7.11 Å². The fraction of sp³-hybridized carbons (Fsp3) is 0.946. The summed E-state index contributed by atoms with van der Waals surface area (Å²) in [5, 5.41) is 35.2. The van der Waals surface area contributed by atoms with Gasteiger partial charge in [-0.2, -0.15) is 0 Å². The third-order valence-corrected chi connectivity index (χ3v) is 11.3. The van der Waals surface area contributed by atoms with Crippen LogP contribution in [0.1, 0.15) is 111 Å². The zero-order valence-corrected chi connectivity index (χ0v) is 30.4. The molecule has 11 nitrogen and oxygen atoms in total. The largest absolute Gasteiger partial charge is 0.462 e. The number of ether oxygens (including phenoxy) is 4. The van der Waals surface area contributed by atoms with Crippen LogP contribution in [0.2, 0.25) is 0 Å². The first kappa shape index (κ1) is 41.1. The molecule has 0 aromatic carbocycles. The van der Waals surface area contributed by atoms with E-state index in [-0.39, 0.29) is 61.1 Å². The average Bonchev–Trinajstić information content (AvgIpc) is 3.01. The predicted molar refractivity (Wildman–Crippen MR) is 184 cm³/mol. The van der Waals surface area contributed by atoms with Crippen molar-refractivity contribution in [3.05, 3.63) is 0 Å². The molecular formula is C37H68N2O9. The quantitative estimate of drug-likeness (QED) is 0.141. The summed E-state index contributed by atoms with van der Waals surface area (Å²) in [5.74, 6) is 1.08. The van der Waals surface area contributed by atoms with Gasteiger partial charge in [0, 0.05) is 34.0 Å². The van der Waals surface area contributed by atoms with Crippen LogP contribution in [-0.2, 0) is 28.5 Å². The molecule has 0 spiro atoms. The third kappa shape index (κ3) is 13.8. The highest BCUT2D eigenvalue weighted by atomic mass is 16.6. The molecule has 12 unspecified atom stereocenters. The van der Waals surface area contributed by atoms with Gasteiger partial charge in [-0.3, -0.25) is 9.59 Å². The predicted octanol–water partition coefficient (Wildman–Crippen LogP) is 3.94. The number of hydrogen-bond acceptors (Lipinski definition) is 11. The van der Waals surface area contributed by atoms with Crippen molar-refractivity contribution in [2.75, 3.05) is 33.5 Å². The number of rotatable bonds is 17. The van der Waals surface area contributed by atoms with Crippen LogP contribution in [0.15, 0.2) is 0 Å². The zero-order chi connectivity index (χ0) is 35.2. The molecule has 3 aliphatic rings. The van der Waals surface area contributed by atoms with Crippen LogP contribution in [-0.4, -0.2) is 97.4 Å². The SMILES string of the molecule is COCCC1CCC(CC(C)C)CC(C(CC(CCC2CC(OCCO)C(O)CC2C2CCNC(N)C2)OC(C)=O)OC(C)=O)CC1O. The Labute approximate surface area is 289 Å². The normalized spacial score (nSPS) is 34.5. The summed E-state index contributed by atoms with van der Waals surface area (Å²) in [6.07, 6.45) is 7.42. The highest BCUT2D eigenvalue weighted by Crippen LogP contribution is 2.44. The highest BCUT2D eigenvalue weighted by molar-refractivity contribution is 5.66. The van der Waals surface area contributed by atoms with Gasteiger partial charge >= 0.3 is 11.9 Å². The smallest absolute Gasteiger partial charge is 0.302 e. The molecule has 1 saturated heterocycles. The van der Waals surface area contributed by atoms with Crippen molar-refractivity contribution in [3.8, 4) is 0 Å². The van der Waals surface area contributed by atoms with E-state index in [1.807, 2.05) is 0 Å². The summed E-state index contributed by atoms with van der Waals surface area (Å²) in [5.41, 5.74) is 6.30. The van der Waals surface area contributed by atoms with Crippen LogP contribution in [0.4, 0.5) is 0 Å². The first-order valence-electron chi connectivity index (χ1n) is 18.8. The summed E-state index contributed by atoms with van der Waals surface area (Å²) in [6.45, 7) is 8.82. The van der Waals surface area contributed by atoms with Crippen molar-refractivity contribution in [1.29, 1.82) is 0 Å². The standard InChI is InChI=1S/C37H68N2O9/c1-23(2)16-26-6-7-27(11-14-45-5)33(43)18-30(17-26)35(48-25(4)42)21-31(47-24(3)41)9-8-28-19-36(46-15-13-40)34(44)22-32(28)29-10-12-39-37(38)20-29/h23,26-37,39-40,43-44H,6-22,38H2,1-5H3. The lowest BCUT2D eigenvalue weighted by atomic mass is 9.66. The van der Waals surface area contributed by atoms with Gasteiger partial charge in [-0.1, -0.05) is 20.3 Å². The Kier molecular flexibility index (Phi) is 18.1. The van der Waals surface area contributed by atoms with E-state index in [1.165, 1.54) is 13.8 Å². The molecule has 2 saturated carbocycles. The summed E-state index contributed by atoms with van der Waals surface area (Å²) in [6, 6.07) is 0. The number of nitrogens with two attached hydrogens (primary N) is 1. The lowest BCUT2D eigenvalue weighted by Crippen LogP contribution is -2.50. The first-order valence-corrected chi connectivity index (χ1v) is 18.8. The summed E-state index contributed by atoms with van der Waals surface area (Å²) < 4.78 is 23.2. The van der Waals surface area contributed by atoms with Crippen LogP contribution in [0.3, 0.4) is 0 Å². The van der Waals surface area contributed by atoms with Crippen LogP contribution in [0.5, 0.6) is 0 Å². The number of hydrogen-bond donors (Lipinski definition) is 5. The molecule has 1 aliphatic heterocycles. The third-order valence-electron chi connectivity index (χ3n) is 11.3. The Morgan fingerprint density at radius 2 is 1.65 bits per heavy atom. The minimum Gasteiger partial charge on any atom is -0.462 e. The number of methoxy groups -OCH3 is 1. The van der Waals surface area contributed by atoms with E-state index in [2.05, 4.69) is 19.2 Å².